The van der Waals surface area contributed by atoms with E-state index in [-0.39, 0.29) is 54.2 Å². The van der Waals surface area contributed by atoms with Crippen LogP contribution in [0.1, 0.15) is 36.4 Å². The Morgan fingerprint density at radius 2 is 1.97 bits per heavy atom. The molecule has 0 saturated carbocycles. The summed E-state index contributed by atoms with van der Waals surface area (Å²) in [4.78, 5) is 36.8. The average molecular weight is 426 g/mol. The summed E-state index contributed by atoms with van der Waals surface area (Å²) in [6, 6.07) is -0.166. The molecule has 0 radical (unpaired) electrons. The van der Waals surface area contributed by atoms with Gasteiger partial charge >= 0.3 is 5.69 Å². The molecule has 1 amide bonds. The summed E-state index contributed by atoms with van der Waals surface area (Å²) in [5, 5.41) is 12.3. The van der Waals surface area contributed by atoms with E-state index in [1.165, 1.54) is 4.31 Å². The highest BCUT2D eigenvalue weighted by molar-refractivity contribution is 7.89. The van der Waals surface area contributed by atoms with Crippen molar-refractivity contribution in [1.82, 2.24) is 30.0 Å². The molecular formula is C16H22N6O6S. The molecule has 1 saturated heterocycles. The fourth-order valence-electron chi connectivity index (χ4n) is 3.29. The van der Waals surface area contributed by atoms with E-state index in [4.69, 9.17) is 4.52 Å². The van der Waals surface area contributed by atoms with E-state index in [1.807, 2.05) is 4.98 Å². The number of amides is 1. The minimum Gasteiger partial charge on any atom is -0.360 e. The van der Waals surface area contributed by atoms with Crippen molar-refractivity contribution in [3.8, 4) is 0 Å². The van der Waals surface area contributed by atoms with E-state index in [9.17, 15) is 22.8 Å². The van der Waals surface area contributed by atoms with Gasteiger partial charge in [-0.1, -0.05) is 5.16 Å². The smallest absolute Gasteiger partial charge is 0.342 e. The first-order valence-corrected chi connectivity index (χ1v) is 10.5. The molecule has 158 valence electrons. The van der Waals surface area contributed by atoms with Crippen LogP contribution in [0.25, 0.3) is 0 Å². The summed E-state index contributed by atoms with van der Waals surface area (Å²) >= 11 is 0. The Morgan fingerprint density at radius 3 is 2.55 bits per heavy atom. The Kier molecular flexibility index (Phi) is 5.98. The molecule has 1 fully saturated rings. The van der Waals surface area contributed by atoms with E-state index >= 15 is 0 Å². The Hall–Kier alpha value is -2.80. The van der Waals surface area contributed by atoms with Crippen molar-refractivity contribution in [3.63, 3.8) is 0 Å². The first-order valence-electron chi connectivity index (χ1n) is 9.08. The monoisotopic (exact) mass is 426 g/mol. The Bertz CT molecular complexity index is 1090. The number of nitrogens with one attached hydrogen (secondary N) is 3. The van der Waals surface area contributed by atoms with Gasteiger partial charge in [0.15, 0.2) is 5.76 Å². The molecule has 1 aliphatic rings. The topological polar surface area (TPSA) is 171 Å². The third kappa shape index (κ3) is 4.62. The average Bonchev–Trinajstić information content (AvgIpc) is 3.00. The number of aryl methyl sites for hydroxylation is 3. The number of rotatable bonds is 6. The van der Waals surface area contributed by atoms with Crippen LogP contribution in [0.3, 0.4) is 0 Å². The van der Waals surface area contributed by atoms with Crippen molar-refractivity contribution in [2.24, 2.45) is 0 Å². The number of piperidine rings is 1. The highest BCUT2D eigenvalue weighted by Gasteiger charge is 2.34. The maximum atomic E-state index is 12.8. The maximum absolute atomic E-state index is 12.8. The zero-order valence-corrected chi connectivity index (χ0v) is 16.8. The summed E-state index contributed by atoms with van der Waals surface area (Å²) in [5.41, 5.74) is -0.940. The third-order valence-electron chi connectivity index (χ3n) is 4.76. The number of hydrogen-bond donors (Lipinski definition) is 3. The van der Waals surface area contributed by atoms with E-state index in [0.717, 1.165) is 0 Å². The predicted octanol–water partition coefficient (Wildman–Crippen LogP) is -1.03. The van der Waals surface area contributed by atoms with Gasteiger partial charge in [-0.05, 0) is 26.7 Å². The number of carbonyl (C=O) groups is 1. The second-order valence-electron chi connectivity index (χ2n) is 6.85. The van der Waals surface area contributed by atoms with Gasteiger partial charge in [0.1, 0.15) is 16.3 Å². The summed E-state index contributed by atoms with van der Waals surface area (Å²) in [6.07, 6.45) is 1.04. The van der Waals surface area contributed by atoms with Crippen molar-refractivity contribution in [2.75, 3.05) is 13.1 Å². The Balaban J connectivity index is 1.52. The maximum Gasteiger partial charge on any atom is 0.342 e. The van der Waals surface area contributed by atoms with E-state index in [1.54, 1.807) is 13.8 Å². The minimum atomic E-state index is -3.70. The van der Waals surface area contributed by atoms with Crippen molar-refractivity contribution in [1.29, 1.82) is 0 Å². The van der Waals surface area contributed by atoms with Crippen LogP contribution in [0.2, 0.25) is 0 Å². The molecule has 29 heavy (non-hydrogen) atoms. The van der Waals surface area contributed by atoms with Crippen molar-refractivity contribution in [2.45, 2.75) is 50.5 Å². The number of aromatic amines is 2. The van der Waals surface area contributed by atoms with Gasteiger partial charge in [-0.2, -0.15) is 9.40 Å². The molecule has 0 aromatic carbocycles. The highest BCUT2D eigenvalue weighted by Crippen LogP contribution is 2.25. The highest BCUT2D eigenvalue weighted by atomic mass is 32.2. The molecular weight excluding hydrogens is 404 g/mol. The molecule has 13 heteroatoms. The Labute approximate surface area is 165 Å². The third-order valence-corrected chi connectivity index (χ3v) is 6.90. The van der Waals surface area contributed by atoms with Crippen LogP contribution in [0.15, 0.2) is 19.0 Å². The quantitative estimate of drug-likeness (QED) is 0.526. The molecule has 0 aliphatic carbocycles. The molecule has 12 nitrogen and oxygen atoms in total. The van der Waals surface area contributed by atoms with Gasteiger partial charge in [0.2, 0.25) is 15.9 Å². The second-order valence-corrected chi connectivity index (χ2v) is 8.73. The molecule has 3 N–H and O–H groups in total. The van der Waals surface area contributed by atoms with Gasteiger partial charge in [0.05, 0.1) is 0 Å². The molecule has 0 bridgehead atoms. The zero-order chi connectivity index (χ0) is 21.2. The van der Waals surface area contributed by atoms with E-state index in [0.29, 0.717) is 18.5 Å². The molecule has 2 aromatic rings. The lowest BCUT2D eigenvalue weighted by Gasteiger charge is -2.31. The standard InChI is InChI=1S/C16H22N6O6S/c1-9-14(10(2)28-21-9)29(26,27)22-7-5-11(6-8-22)17-13(23)4-3-12-15(24)18-16(25)20-19-12/h11H,3-8H2,1-2H3,(H,17,23)(H2,18,20,24,25). The van der Waals surface area contributed by atoms with Crippen molar-refractivity contribution >= 4 is 15.9 Å². The molecule has 0 atom stereocenters. The Morgan fingerprint density at radius 1 is 1.28 bits per heavy atom. The first-order chi connectivity index (χ1) is 13.7. The predicted molar refractivity (Wildman–Crippen MR) is 99.7 cm³/mol. The molecule has 1 aliphatic heterocycles. The van der Waals surface area contributed by atoms with Gasteiger partial charge in [-0.3, -0.25) is 14.6 Å². The summed E-state index contributed by atoms with van der Waals surface area (Å²) in [7, 11) is -3.70. The van der Waals surface area contributed by atoms with Crippen LogP contribution < -0.4 is 16.6 Å². The summed E-state index contributed by atoms with van der Waals surface area (Å²) in [6.45, 7) is 3.66. The molecule has 3 heterocycles. The number of sulfonamides is 1. The first kappa shape index (κ1) is 20.9. The van der Waals surface area contributed by atoms with Gasteiger partial charge in [-0.25, -0.2) is 18.3 Å². The van der Waals surface area contributed by atoms with Crippen LogP contribution in [0.5, 0.6) is 0 Å². The lowest BCUT2D eigenvalue weighted by molar-refractivity contribution is -0.122. The lowest BCUT2D eigenvalue weighted by Crippen LogP contribution is -2.46. The fourth-order valence-corrected chi connectivity index (χ4v) is 5.05. The van der Waals surface area contributed by atoms with Crippen LogP contribution in [-0.2, 0) is 21.2 Å². The SMILES string of the molecule is Cc1noc(C)c1S(=O)(=O)N1CCC(NC(=O)CCc2n[nH]c(=O)[nH]c2=O)CC1. The number of hydrogen-bond acceptors (Lipinski definition) is 8. The van der Waals surface area contributed by atoms with Gasteiger partial charge < -0.3 is 9.84 Å². The summed E-state index contributed by atoms with van der Waals surface area (Å²) < 4.78 is 31.9. The van der Waals surface area contributed by atoms with Gasteiger partial charge in [0, 0.05) is 32.0 Å². The molecule has 2 aromatic heterocycles. The van der Waals surface area contributed by atoms with E-state index < -0.39 is 21.3 Å². The normalized spacial score (nSPS) is 16.1. The molecule has 3 rings (SSSR count). The zero-order valence-electron chi connectivity index (χ0n) is 16.0. The second kappa shape index (κ2) is 8.29. The number of nitrogens with zero attached hydrogens (tertiary/aromatic N) is 3. The summed E-state index contributed by atoms with van der Waals surface area (Å²) in [5.74, 6) is -0.0202. The van der Waals surface area contributed by atoms with Crippen LogP contribution in [0.4, 0.5) is 0 Å². The number of aromatic nitrogens is 4. The van der Waals surface area contributed by atoms with Crippen LogP contribution >= 0.6 is 0 Å². The fraction of sp³-hybridized carbons (Fsp3) is 0.562. The lowest BCUT2D eigenvalue weighted by atomic mass is 10.1. The van der Waals surface area contributed by atoms with Crippen LogP contribution in [0, 0.1) is 13.8 Å². The largest absolute Gasteiger partial charge is 0.360 e. The van der Waals surface area contributed by atoms with Crippen molar-refractivity contribution in [3.05, 3.63) is 38.0 Å². The van der Waals surface area contributed by atoms with Gasteiger partial charge in [-0.15, -0.1) is 0 Å². The van der Waals surface area contributed by atoms with Gasteiger partial charge in [0.25, 0.3) is 5.56 Å². The number of H-pyrrole nitrogens is 2. The minimum absolute atomic E-state index is 0.0275. The van der Waals surface area contributed by atoms with Crippen molar-refractivity contribution < 1.29 is 17.7 Å². The number of carbonyl (C=O) groups excluding carboxylic acids is 1. The van der Waals surface area contributed by atoms with E-state index in [2.05, 4.69) is 20.7 Å². The van der Waals surface area contributed by atoms with Crippen LogP contribution in [-0.4, -0.2) is 58.1 Å². The molecule has 0 spiro atoms. The molecule has 0 unspecified atom stereocenters.